The molecule has 3 nitrogen and oxygen atoms in total. The molecule has 0 aliphatic rings. The third kappa shape index (κ3) is 1.58. The predicted octanol–water partition coefficient (Wildman–Crippen LogP) is 2.41. The first-order valence-corrected chi connectivity index (χ1v) is 5.40. The van der Waals surface area contributed by atoms with Crippen LogP contribution in [0.4, 0.5) is 0 Å². The van der Waals surface area contributed by atoms with E-state index in [4.69, 9.17) is 4.74 Å². The third-order valence-electron chi connectivity index (χ3n) is 2.82. The Hall–Kier alpha value is -1.77. The molecule has 16 heavy (non-hydrogen) atoms. The zero-order chi connectivity index (χ0) is 11.5. The summed E-state index contributed by atoms with van der Waals surface area (Å²) in [5, 5.41) is 1.07. The number of hydrogen-bond donors (Lipinski definition) is 0. The number of fused-ring (bicyclic) bond motifs is 1. The van der Waals surface area contributed by atoms with Crippen molar-refractivity contribution in [3.63, 3.8) is 0 Å². The van der Waals surface area contributed by atoms with Gasteiger partial charge in [0, 0.05) is 24.0 Å². The lowest BCUT2D eigenvalue weighted by Gasteiger charge is -2.05. The van der Waals surface area contributed by atoms with Gasteiger partial charge in [0.2, 0.25) is 0 Å². The molecular formula is C13H15NO2. The molecular weight excluding hydrogens is 202 g/mol. The van der Waals surface area contributed by atoms with Crippen LogP contribution < -0.4 is 4.74 Å². The monoisotopic (exact) mass is 217 g/mol. The number of carbonyl (C=O) groups excluding carboxylic acids is 1. The number of ether oxygens (including phenoxy) is 1. The minimum absolute atomic E-state index is 0.450. The number of aldehydes is 1. The van der Waals surface area contributed by atoms with Gasteiger partial charge in [-0.05, 0) is 25.1 Å². The van der Waals surface area contributed by atoms with E-state index in [-0.39, 0.29) is 0 Å². The minimum atomic E-state index is 0.450. The Kier molecular flexibility index (Phi) is 2.95. The van der Waals surface area contributed by atoms with Crippen LogP contribution >= 0.6 is 0 Å². The van der Waals surface area contributed by atoms with E-state index in [1.165, 1.54) is 0 Å². The summed E-state index contributed by atoms with van der Waals surface area (Å²) in [5.41, 5.74) is 2.16. The number of aryl methyl sites for hydroxylation is 1. The maximum absolute atomic E-state index is 10.6. The van der Waals surface area contributed by atoms with Crippen LogP contribution in [0.15, 0.2) is 24.3 Å². The lowest BCUT2D eigenvalue weighted by Crippen LogP contribution is -2.00. The molecule has 2 aromatic rings. The van der Waals surface area contributed by atoms with Crippen molar-refractivity contribution in [3.05, 3.63) is 30.0 Å². The lowest BCUT2D eigenvalue weighted by atomic mass is 10.2. The maximum Gasteiger partial charge on any atom is 0.128 e. The molecule has 0 saturated carbocycles. The Labute approximate surface area is 94.6 Å². The maximum atomic E-state index is 10.6. The predicted molar refractivity (Wildman–Crippen MR) is 63.9 cm³/mol. The van der Waals surface area contributed by atoms with E-state index in [1.54, 1.807) is 7.11 Å². The van der Waals surface area contributed by atoms with Gasteiger partial charge < -0.3 is 14.1 Å². The van der Waals surface area contributed by atoms with Gasteiger partial charge in [0.1, 0.15) is 12.0 Å². The van der Waals surface area contributed by atoms with E-state index in [0.717, 1.165) is 35.2 Å². The number of nitrogens with zero attached hydrogens (tertiary/aromatic N) is 1. The summed E-state index contributed by atoms with van der Waals surface area (Å²) in [4.78, 5) is 10.6. The Morgan fingerprint density at radius 1 is 1.44 bits per heavy atom. The average Bonchev–Trinajstić information content (AvgIpc) is 2.66. The summed E-state index contributed by atoms with van der Waals surface area (Å²) < 4.78 is 7.46. The Morgan fingerprint density at radius 2 is 2.25 bits per heavy atom. The quantitative estimate of drug-likeness (QED) is 0.736. The molecule has 2 rings (SSSR count). The van der Waals surface area contributed by atoms with Crippen molar-refractivity contribution in [2.75, 3.05) is 7.11 Å². The van der Waals surface area contributed by atoms with Crippen LogP contribution in [0.2, 0.25) is 0 Å². The van der Waals surface area contributed by atoms with Crippen LogP contribution in [0.1, 0.15) is 12.6 Å². The molecule has 0 spiro atoms. The molecule has 0 bridgehead atoms. The summed E-state index contributed by atoms with van der Waals surface area (Å²) in [6.07, 6.45) is 1.39. The number of hydrogen-bond acceptors (Lipinski definition) is 2. The van der Waals surface area contributed by atoms with Crippen LogP contribution in [0.25, 0.3) is 10.9 Å². The van der Waals surface area contributed by atoms with Crippen molar-refractivity contribution in [3.8, 4) is 5.75 Å². The van der Waals surface area contributed by atoms with E-state index < -0.39 is 0 Å². The second-order valence-electron chi connectivity index (χ2n) is 3.64. The smallest absolute Gasteiger partial charge is 0.128 e. The van der Waals surface area contributed by atoms with Gasteiger partial charge >= 0.3 is 0 Å². The first-order valence-electron chi connectivity index (χ1n) is 5.40. The Bertz CT molecular complexity index is 514. The summed E-state index contributed by atoms with van der Waals surface area (Å²) in [7, 11) is 1.66. The van der Waals surface area contributed by atoms with Gasteiger partial charge in [-0.25, -0.2) is 0 Å². The van der Waals surface area contributed by atoms with Gasteiger partial charge in [0.15, 0.2) is 0 Å². The molecule has 3 heteroatoms. The average molecular weight is 217 g/mol. The first-order chi connectivity index (χ1) is 7.81. The highest BCUT2D eigenvalue weighted by atomic mass is 16.5. The van der Waals surface area contributed by atoms with Crippen LogP contribution in [-0.4, -0.2) is 18.0 Å². The number of carbonyl (C=O) groups is 1. The van der Waals surface area contributed by atoms with E-state index in [9.17, 15) is 4.79 Å². The van der Waals surface area contributed by atoms with Crippen LogP contribution in [0, 0.1) is 0 Å². The van der Waals surface area contributed by atoms with Crippen molar-refractivity contribution in [1.29, 1.82) is 0 Å². The summed E-state index contributed by atoms with van der Waals surface area (Å²) in [5.74, 6) is 0.858. The van der Waals surface area contributed by atoms with Gasteiger partial charge in [-0.1, -0.05) is 6.07 Å². The zero-order valence-corrected chi connectivity index (χ0v) is 9.56. The molecule has 0 atom stereocenters. The fourth-order valence-electron chi connectivity index (χ4n) is 2.12. The van der Waals surface area contributed by atoms with Gasteiger partial charge in [0.25, 0.3) is 0 Å². The lowest BCUT2D eigenvalue weighted by molar-refractivity contribution is -0.107. The fourth-order valence-corrected chi connectivity index (χ4v) is 2.12. The molecule has 0 fully saturated rings. The van der Waals surface area contributed by atoms with Crippen molar-refractivity contribution >= 4 is 17.2 Å². The molecule has 1 aromatic carbocycles. The molecule has 84 valence electrons. The molecule has 0 aliphatic carbocycles. The van der Waals surface area contributed by atoms with E-state index in [1.807, 2.05) is 18.2 Å². The summed E-state index contributed by atoms with van der Waals surface area (Å²) in [6.45, 7) is 2.94. The Morgan fingerprint density at radius 3 is 2.88 bits per heavy atom. The normalized spacial score (nSPS) is 10.6. The van der Waals surface area contributed by atoms with Gasteiger partial charge in [0.05, 0.1) is 12.6 Å². The standard InChI is InChI=1S/C13H15NO2/c1-3-14-10(7-8-15)9-11-12(14)5-4-6-13(11)16-2/h4-6,8-9H,3,7H2,1-2H3. The molecule has 1 aromatic heterocycles. The SMILES string of the molecule is CCn1c(CC=O)cc2c(OC)cccc21. The van der Waals surface area contributed by atoms with Crippen LogP contribution in [0.3, 0.4) is 0 Å². The third-order valence-corrected chi connectivity index (χ3v) is 2.82. The van der Waals surface area contributed by atoms with Crippen molar-refractivity contribution in [1.82, 2.24) is 4.57 Å². The molecule has 0 radical (unpaired) electrons. The van der Waals surface area contributed by atoms with Gasteiger partial charge in [-0.3, -0.25) is 0 Å². The summed E-state index contributed by atoms with van der Waals surface area (Å²) >= 11 is 0. The number of benzene rings is 1. The van der Waals surface area contributed by atoms with E-state index >= 15 is 0 Å². The van der Waals surface area contributed by atoms with Crippen molar-refractivity contribution < 1.29 is 9.53 Å². The van der Waals surface area contributed by atoms with Crippen molar-refractivity contribution in [2.45, 2.75) is 19.9 Å². The molecule has 1 heterocycles. The zero-order valence-electron chi connectivity index (χ0n) is 9.56. The highest BCUT2D eigenvalue weighted by Gasteiger charge is 2.10. The van der Waals surface area contributed by atoms with Gasteiger partial charge in [-0.15, -0.1) is 0 Å². The number of rotatable bonds is 4. The van der Waals surface area contributed by atoms with Gasteiger partial charge in [-0.2, -0.15) is 0 Å². The molecule has 0 N–H and O–H groups in total. The fraction of sp³-hybridized carbons (Fsp3) is 0.308. The van der Waals surface area contributed by atoms with E-state index in [2.05, 4.69) is 17.6 Å². The second-order valence-corrected chi connectivity index (χ2v) is 3.64. The topological polar surface area (TPSA) is 31.2 Å². The van der Waals surface area contributed by atoms with Crippen LogP contribution in [-0.2, 0) is 17.8 Å². The number of methoxy groups -OCH3 is 1. The Balaban J connectivity index is 2.70. The minimum Gasteiger partial charge on any atom is -0.496 e. The second kappa shape index (κ2) is 4.39. The largest absolute Gasteiger partial charge is 0.496 e. The molecule has 0 amide bonds. The van der Waals surface area contributed by atoms with Crippen LogP contribution in [0.5, 0.6) is 5.75 Å². The van der Waals surface area contributed by atoms with E-state index in [0.29, 0.717) is 6.42 Å². The highest BCUT2D eigenvalue weighted by molar-refractivity contribution is 5.88. The number of aromatic nitrogens is 1. The molecule has 0 unspecified atom stereocenters. The summed E-state index contributed by atoms with van der Waals surface area (Å²) in [6, 6.07) is 7.99. The molecule has 0 saturated heterocycles. The highest BCUT2D eigenvalue weighted by Crippen LogP contribution is 2.28. The molecule has 0 aliphatic heterocycles. The first kappa shape index (κ1) is 10.7. The van der Waals surface area contributed by atoms with Crippen molar-refractivity contribution in [2.24, 2.45) is 0 Å².